The van der Waals surface area contributed by atoms with Crippen molar-refractivity contribution in [3.63, 3.8) is 0 Å². The molecule has 1 aromatic carbocycles. The molecule has 1 rings (SSSR count). The number of Topliss-reactive ketones (excluding diaryl/α,β-unsaturated/α-hetero) is 1. The van der Waals surface area contributed by atoms with Crippen molar-refractivity contribution in [1.29, 1.82) is 0 Å². The Hall–Kier alpha value is -0.803. The molecule has 3 heteroatoms. The minimum Gasteiger partial charge on any atom is -0.300 e. The Labute approximate surface area is 122 Å². The van der Waals surface area contributed by atoms with Gasteiger partial charge in [-0.1, -0.05) is 61.6 Å². The molecule has 0 aliphatic carbocycles. The highest BCUT2D eigenvalue weighted by molar-refractivity contribution is 8.05. The van der Waals surface area contributed by atoms with Crippen LogP contribution in [0.15, 0.2) is 40.9 Å². The second kappa shape index (κ2) is 7.71. The predicted octanol–water partition coefficient (Wildman–Crippen LogP) is 4.15. The summed E-state index contributed by atoms with van der Waals surface area (Å²) >= 11 is 1.88. The molecule has 19 heavy (non-hydrogen) atoms. The normalized spacial score (nSPS) is 12.5. The second-order valence-corrected chi connectivity index (χ2v) is 11.1. The van der Waals surface area contributed by atoms with Gasteiger partial charge in [0.2, 0.25) is 0 Å². The summed E-state index contributed by atoms with van der Waals surface area (Å²) < 4.78 is 1.50. The van der Waals surface area contributed by atoms with Crippen molar-refractivity contribution in [3.8, 4) is 0 Å². The molecule has 0 spiro atoms. The lowest BCUT2D eigenvalue weighted by atomic mass is 10.4. The Morgan fingerprint density at radius 1 is 1.26 bits per heavy atom. The molecule has 0 unspecified atom stereocenters. The van der Waals surface area contributed by atoms with Gasteiger partial charge in [-0.05, 0) is 17.9 Å². The zero-order valence-corrected chi connectivity index (χ0v) is 14.2. The summed E-state index contributed by atoms with van der Waals surface area (Å²) in [6.45, 7) is 8.64. The molecule has 0 bridgehead atoms. The lowest BCUT2D eigenvalue weighted by Gasteiger charge is -2.26. The highest BCUT2D eigenvalue weighted by Gasteiger charge is 2.28. The molecule has 104 valence electrons. The van der Waals surface area contributed by atoms with Crippen LogP contribution in [-0.2, 0) is 4.79 Å². The summed E-state index contributed by atoms with van der Waals surface area (Å²) in [7, 11) is -1.59. The van der Waals surface area contributed by atoms with Crippen LogP contribution >= 0.6 is 11.8 Å². The molecule has 0 N–H and O–H groups in total. The average molecular weight is 293 g/mol. The van der Waals surface area contributed by atoms with Crippen molar-refractivity contribution in [2.75, 3.05) is 5.75 Å². The molecule has 0 fully saturated rings. The predicted molar refractivity (Wildman–Crippen MR) is 89.7 cm³/mol. The molecule has 0 aliphatic rings. The van der Waals surface area contributed by atoms with Gasteiger partial charge in [-0.25, -0.2) is 0 Å². The maximum atomic E-state index is 11.1. The Morgan fingerprint density at radius 3 is 2.42 bits per heavy atom. The third-order valence-electron chi connectivity index (χ3n) is 3.21. The lowest BCUT2D eigenvalue weighted by molar-refractivity contribution is -0.116. The van der Waals surface area contributed by atoms with Crippen LogP contribution in [0, 0.1) is 0 Å². The van der Waals surface area contributed by atoms with Crippen LogP contribution < -0.4 is 5.19 Å². The molecule has 0 saturated carbocycles. The molecule has 0 aliphatic heterocycles. The van der Waals surface area contributed by atoms with E-state index in [1.54, 1.807) is 6.92 Å². The number of allylic oxidation sites excluding steroid dienone is 1. The Kier molecular flexibility index (Phi) is 6.59. The fourth-order valence-electron chi connectivity index (χ4n) is 1.98. The number of thioether (sulfide) groups is 1. The smallest absolute Gasteiger partial charge is 0.130 e. The molecular formula is C16H24OSSi. The largest absolute Gasteiger partial charge is 0.300 e. The van der Waals surface area contributed by atoms with Gasteiger partial charge in [0.1, 0.15) is 13.9 Å². The SMILES string of the molecule is CC/C=C(\SCCC(C)=O)[Si](C)(C)c1ccccc1. The summed E-state index contributed by atoms with van der Waals surface area (Å²) in [4.78, 5) is 11.1. The Balaban J connectivity index is 2.86. The van der Waals surface area contributed by atoms with Crippen molar-refractivity contribution < 1.29 is 4.79 Å². The molecule has 0 atom stereocenters. The van der Waals surface area contributed by atoms with Crippen LogP contribution in [-0.4, -0.2) is 19.6 Å². The standard InChI is InChI=1S/C16H24OSSi/c1-5-9-16(18-13-12-14(2)17)19(3,4)15-10-7-6-8-11-15/h6-11H,5,12-13H2,1-4H3/b16-9+. The summed E-state index contributed by atoms with van der Waals surface area (Å²) in [6, 6.07) is 10.8. The van der Waals surface area contributed by atoms with E-state index < -0.39 is 8.07 Å². The minimum absolute atomic E-state index is 0.280. The van der Waals surface area contributed by atoms with Gasteiger partial charge in [0.25, 0.3) is 0 Å². The van der Waals surface area contributed by atoms with Gasteiger partial charge in [0.05, 0.1) is 0 Å². The lowest BCUT2D eigenvalue weighted by Crippen LogP contribution is -2.42. The highest BCUT2D eigenvalue weighted by Crippen LogP contribution is 2.28. The Morgan fingerprint density at radius 2 is 1.89 bits per heavy atom. The van der Waals surface area contributed by atoms with Crippen LogP contribution in [0.5, 0.6) is 0 Å². The van der Waals surface area contributed by atoms with Crippen molar-refractivity contribution in [1.82, 2.24) is 0 Å². The summed E-state index contributed by atoms with van der Waals surface area (Å²) in [6.07, 6.45) is 4.08. The highest BCUT2D eigenvalue weighted by atomic mass is 32.2. The number of benzene rings is 1. The third-order valence-corrected chi connectivity index (χ3v) is 9.28. The fourth-order valence-corrected chi connectivity index (χ4v) is 7.00. The van der Waals surface area contributed by atoms with Gasteiger partial charge in [0.15, 0.2) is 0 Å². The van der Waals surface area contributed by atoms with Crippen LogP contribution in [0.3, 0.4) is 0 Å². The quantitative estimate of drug-likeness (QED) is 0.702. The van der Waals surface area contributed by atoms with Crippen molar-refractivity contribution in [2.45, 2.75) is 39.8 Å². The van der Waals surface area contributed by atoms with Gasteiger partial charge in [-0.2, -0.15) is 0 Å². The summed E-state index contributed by atoms with van der Waals surface area (Å²) in [5, 5.41) is 1.46. The first kappa shape index (κ1) is 16.3. The average Bonchev–Trinajstić information content (AvgIpc) is 2.38. The molecule has 0 aromatic heterocycles. The number of rotatable bonds is 7. The van der Waals surface area contributed by atoms with E-state index in [1.807, 2.05) is 11.8 Å². The van der Waals surface area contributed by atoms with Gasteiger partial charge in [-0.15, -0.1) is 11.8 Å². The summed E-state index contributed by atoms with van der Waals surface area (Å²) in [5.41, 5.74) is 0. The number of carbonyl (C=O) groups excluding carboxylic acids is 1. The van der Waals surface area contributed by atoms with E-state index in [1.165, 1.54) is 9.72 Å². The van der Waals surface area contributed by atoms with E-state index >= 15 is 0 Å². The van der Waals surface area contributed by atoms with E-state index in [0.29, 0.717) is 6.42 Å². The maximum absolute atomic E-state index is 11.1. The van der Waals surface area contributed by atoms with Crippen LogP contribution in [0.25, 0.3) is 0 Å². The second-order valence-electron chi connectivity index (χ2n) is 5.27. The van der Waals surface area contributed by atoms with Gasteiger partial charge in [-0.3, -0.25) is 4.79 Å². The van der Waals surface area contributed by atoms with Crippen molar-refractivity contribution >= 4 is 30.8 Å². The molecule has 0 heterocycles. The summed E-state index contributed by atoms with van der Waals surface area (Å²) in [5.74, 6) is 1.19. The molecule has 1 nitrogen and oxygen atoms in total. The maximum Gasteiger partial charge on any atom is 0.130 e. The topological polar surface area (TPSA) is 17.1 Å². The number of carbonyl (C=O) groups is 1. The van der Waals surface area contributed by atoms with Crippen molar-refractivity contribution in [2.24, 2.45) is 0 Å². The van der Waals surface area contributed by atoms with Gasteiger partial charge >= 0.3 is 0 Å². The first-order valence-electron chi connectivity index (χ1n) is 6.87. The number of hydrogen-bond donors (Lipinski definition) is 0. The van der Waals surface area contributed by atoms with Gasteiger partial charge in [0, 0.05) is 12.2 Å². The van der Waals surface area contributed by atoms with E-state index in [-0.39, 0.29) is 5.78 Å². The third kappa shape index (κ3) is 5.00. The van der Waals surface area contributed by atoms with E-state index in [2.05, 4.69) is 56.4 Å². The molecule has 0 radical (unpaired) electrons. The van der Waals surface area contributed by atoms with Crippen molar-refractivity contribution in [3.05, 3.63) is 40.9 Å². The van der Waals surface area contributed by atoms with E-state index in [9.17, 15) is 4.79 Å². The first-order chi connectivity index (χ1) is 8.98. The van der Waals surface area contributed by atoms with E-state index in [0.717, 1.165) is 12.2 Å². The Bertz CT molecular complexity index is 437. The first-order valence-corrected chi connectivity index (χ1v) is 10.9. The van der Waals surface area contributed by atoms with Crippen LogP contribution in [0.4, 0.5) is 0 Å². The van der Waals surface area contributed by atoms with Gasteiger partial charge < -0.3 is 0 Å². The minimum atomic E-state index is -1.59. The zero-order valence-electron chi connectivity index (χ0n) is 12.4. The molecule has 0 saturated heterocycles. The molecule has 1 aromatic rings. The zero-order chi connectivity index (χ0) is 14.3. The number of ketones is 1. The van der Waals surface area contributed by atoms with Crippen LogP contribution in [0.2, 0.25) is 13.1 Å². The molecule has 0 amide bonds. The fraction of sp³-hybridized carbons (Fsp3) is 0.438. The molecular weight excluding hydrogens is 268 g/mol. The monoisotopic (exact) mass is 292 g/mol. The van der Waals surface area contributed by atoms with E-state index in [4.69, 9.17) is 0 Å². The van der Waals surface area contributed by atoms with Crippen LogP contribution in [0.1, 0.15) is 26.7 Å². The number of hydrogen-bond acceptors (Lipinski definition) is 2.